The van der Waals surface area contributed by atoms with Gasteiger partial charge < -0.3 is 10.4 Å². The van der Waals surface area contributed by atoms with Crippen molar-refractivity contribution in [2.24, 2.45) is 5.92 Å². The molecule has 1 saturated carbocycles. The highest BCUT2D eigenvalue weighted by Crippen LogP contribution is 2.50. The molecule has 0 bridgehead atoms. The maximum absolute atomic E-state index is 12.3. The van der Waals surface area contributed by atoms with Gasteiger partial charge in [0.1, 0.15) is 5.54 Å². The summed E-state index contributed by atoms with van der Waals surface area (Å²) in [6.07, 6.45) is 2.95. The number of nitrogens with zero attached hydrogens (tertiary/aromatic N) is 1. The number of nitrogens with one attached hydrogen (secondary N) is 1. The molecule has 1 saturated heterocycles. The second-order valence-corrected chi connectivity index (χ2v) is 6.38. The molecule has 1 aromatic carbocycles. The molecule has 0 radical (unpaired) electrons. The summed E-state index contributed by atoms with van der Waals surface area (Å²) in [5, 5.41) is 14.1. The Kier molecular flexibility index (Phi) is 4.20. The van der Waals surface area contributed by atoms with E-state index in [-0.39, 0.29) is 5.92 Å². The number of rotatable bonds is 4. The Balaban J connectivity index is 2.04. The van der Waals surface area contributed by atoms with Gasteiger partial charge in [-0.05, 0) is 49.4 Å². The third-order valence-corrected chi connectivity index (χ3v) is 4.87. The largest absolute Gasteiger partial charge is 0.480 e. The Labute approximate surface area is 130 Å². The summed E-state index contributed by atoms with van der Waals surface area (Å²) in [6, 6.07) is 7.36. The minimum absolute atomic E-state index is 0.203. The lowest BCUT2D eigenvalue weighted by molar-refractivity contribution is -0.154. The second-order valence-electron chi connectivity index (χ2n) is 5.94. The van der Waals surface area contributed by atoms with Gasteiger partial charge in [-0.25, -0.2) is 4.79 Å². The Morgan fingerprint density at radius 3 is 2.57 bits per heavy atom. The average Bonchev–Trinajstić information content (AvgIpc) is 3.29. The first-order chi connectivity index (χ1) is 10.2. The molecule has 2 N–H and O–H groups in total. The molecule has 5 heteroatoms. The van der Waals surface area contributed by atoms with Crippen molar-refractivity contribution in [3.8, 4) is 0 Å². The fourth-order valence-corrected chi connectivity index (χ4v) is 3.64. The summed E-state index contributed by atoms with van der Waals surface area (Å²) in [4.78, 5) is 14.5. The van der Waals surface area contributed by atoms with Gasteiger partial charge in [0.05, 0.1) is 0 Å². The highest BCUT2D eigenvalue weighted by Gasteiger charge is 2.56. The third-order valence-electron chi connectivity index (χ3n) is 4.62. The van der Waals surface area contributed by atoms with E-state index in [0.717, 1.165) is 51.0 Å². The van der Waals surface area contributed by atoms with Crippen molar-refractivity contribution in [2.75, 3.05) is 26.2 Å². The number of carbonyl (C=O) groups is 1. The molecule has 4 nitrogen and oxygen atoms in total. The van der Waals surface area contributed by atoms with Gasteiger partial charge in [-0.3, -0.25) is 4.90 Å². The van der Waals surface area contributed by atoms with Crippen LogP contribution in [0.1, 0.15) is 24.8 Å². The molecule has 2 fully saturated rings. The summed E-state index contributed by atoms with van der Waals surface area (Å²) in [5.41, 5.74) is -0.0276. The number of halogens is 1. The van der Waals surface area contributed by atoms with E-state index >= 15 is 0 Å². The first kappa shape index (κ1) is 14.8. The molecule has 114 valence electrons. The smallest absolute Gasteiger partial charge is 0.329 e. The molecule has 0 aromatic heterocycles. The highest BCUT2D eigenvalue weighted by atomic mass is 35.5. The quantitative estimate of drug-likeness (QED) is 0.896. The minimum atomic E-state index is -0.892. The van der Waals surface area contributed by atoms with Crippen molar-refractivity contribution in [2.45, 2.75) is 24.8 Å². The molecule has 1 heterocycles. The van der Waals surface area contributed by atoms with Crippen LogP contribution in [0.3, 0.4) is 0 Å². The topological polar surface area (TPSA) is 52.6 Å². The average molecular weight is 309 g/mol. The lowest BCUT2D eigenvalue weighted by Crippen LogP contribution is -2.54. The predicted octanol–water partition coefficient (Wildman–Crippen LogP) is 2.33. The van der Waals surface area contributed by atoms with E-state index in [4.69, 9.17) is 11.6 Å². The van der Waals surface area contributed by atoms with Crippen LogP contribution in [0.4, 0.5) is 0 Å². The summed E-state index contributed by atoms with van der Waals surface area (Å²) in [5.74, 6) is -0.525. The number of carboxylic acids is 1. The molecule has 1 aromatic rings. The van der Waals surface area contributed by atoms with Crippen LogP contribution in [0.25, 0.3) is 0 Å². The maximum Gasteiger partial charge on any atom is 0.329 e. The fourth-order valence-electron chi connectivity index (χ4n) is 3.51. The Bertz CT molecular complexity index is 508. The van der Waals surface area contributed by atoms with Gasteiger partial charge in [0.2, 0.25) is 0 Å². The predicted molar refractivity (Wildman–Crippen MR) is 82.5 cm³/mol. The number of hydrogen-bond acceptors (Lipinski definition) is 3. The third kappa shape index (κ3) is 2.68. The molecule has 21 heavy (non-hydrogen) atoms. The van der Waals surface area contributed by atoms with Gasteiger partial charge in [0.15, 0.2) is 0 Å². The molecule has 1 unspecified atom stereocenters. The molecule has 0 spiro atoms. The van der Waals surface area contributed by atoms with Crippen LogP contribution in [0, 0.1) is 5.92 Å². The van der Waals surface area contributed by atoms with Crippen LogP contribution in [-0.4, -0.2) is 42.2 Å². The zero-order valence-electron chi connectivity index (χ0n) is 12.0. The molecule has 1 aliphatic heterocycles. The first-order valence-electron chi connectivity index (χ1n) is 7.61. The summed E-state index contributed by atoms with van der Waals surface area (Å²) in [7, 11) is 0. The maximum atomic E-state index is 12.3. The van der Waals surface area contributed by atoms with Crippen LogP contribution >= 0.6 is 11.6 Å². The van der Waals surface area contributed by atoms with Crippen LogP contribution in [-0.2, 0) is 10.3 Å². The molecule has 1 aliphatic carbocycles. The normalized spacial score (nSPS) is 23.3. The zero-order chi connectivity index (χ0) is 14.9. The number of benzene rings is 1. The Hall–Kier alpha value is -1.10. The van der Waals surface area contributed by atoms with Crippen LogP contribution in [0.5, 0.6) is 0 Å². The second kappa shape index (κ2) is 5.95. The monoisotopic (exact) mass is 308 g/mol. The molecule has 0 amide bonds. The fraction of sp³-hybridized carbons (Fsp3) is 0.562. The molecule has 3 rings (SSSR count). The van der Waals surface area contributed by atoms with Crippen molar-refractivity contribution >= 4 is 17.6 Å². The van der Waals surface area contributed by atoms with Crippen LogP contribution in [0.2, 0.25) is 5.02 Å². The lowest BCUT2D eigenvalue weighted by atomic mass is 9.82. The molecular formula is C16H21ClN2O2. The zero-order valence-corrected chi connectivity index (χ0v) is 12.8. The summed E-state index contributed by atoms with van der Waals surface area (Å²) in [6.45, 7) is 3.39. The van der Waals surface area contributed by atoms with Crippen molar-refractivity contribution in [1.82, 2.24) is 10.2 Å². The standard InChI is InChI=1S/C16H21ClN2O2/c17-14-6-4-13(5-7-14)16(15(20)21,12-2-3-12)19-10-1-8-18-9-11-19/h4-7,12,18H,1-3,8-11H2,(H,20,21). The van der Waals surface area contributed by atoms with Gasteiger partial charge >= 0.3 is 5.97 Å². The van der Waals surface area contributed by atoms with E-state index in [2.05, 4.69) is 10.2 Å². The van der Waals surface area contributed by atoms with Crippen molar-refractivity contribution < 1.29 is 9.90 Å². The van der Waals surface area contributed by atoms with E-state index in [1.54, 1.807) is 12.1 Å². The molecular weight excluding hydrogens is 288 g/mol. The summed E-state index contributed by atoms with van der Waals surface area (Å²) >= 11 is 5.98. The van der Waals surface area contributed by atoms with Gasteiger partial charge in [-0.2, -0.15) is 0 Å². The number of carboxylic acid groups (broad SMARTS) is 1. The molecule has 2 aliphatic rings. The number of aliphatic carboxylic acids is 1. The number of hydrogen-bond donors (Lipinski definition) is 2. The Morgan fingerprint density at radius 1 is 1.24 bits per heavy atom. The van der Waals surface area contributed by atoms with Crippen molar-refractivity contribution in [3.63, 3.8) is 0 Å². The van der Waals surface area contributed by atoms with Crippen LogP contribution in [0.15, 0.2) is 24.3 Å². The van der Waals surface area contributed by atoms with Gasteiger partial charge in [-0.1, -0.05) is 23.7 Å². The van der Waals surface area contributed by atoms with E-state index in [1.807, 2.05) is 12.1 Å². The lowest BCUT2D eigenvalue weighted by Gasteiger charge is -2.41. The first-order valence-corrected chi connectivity index (χ1v) is 7.98. The van der Waals surface area contributed by atoms with E-state index in [1.165, 1.54) is 0 Å². The van der Waals surface area contributed by atoms with Gasteiger partial charge in [0, 0.05) is 24.7 Å². The molecule has 1 atom stereocenters. The van der Waals surface area contributed by atoms with Gasteiger partial charge in [-0.15, -0.1) is 0 Å². The van der Waals surface area contributed by atoms with Crippen LogP contribution < -0.4 is 5.32 Å². The Morgan fingerprint density at radius 2 is 1.95 bits per heavy atom. The van der Waals surface area contributed by atoms with Crippen molar-refractivity contribution in [3.05, 3.63) is 34.9 Å². The SMILES string of the molecule is O=C(O)C(c1ccc(Cl)cc1)(C1CC1)N1CCCNCC1. The summed E-state index contributed by atoms with van der Waals surface area (Å²) < 4.78 is 0. The van der Waals surface area contributed by atoms with Crippen molar-refractivity contribution in [1.29, 1.82) is 0 Å². The van der Waals surface area contributed by atoms with Gasteiger partial charge in [0.25, 0.3) is 0 Å². The van der Waals surface area contributed by atoms with E-state index in [0.29, 0.717) is 5.02 Å². The van der Waals surface area contributed by atoms with E-state index < -0.39 is 11.5 Å². The minimum Gasteiger partial charge on any atom is -0.480 e. The highest BCUT2D eigenvalue weighted by molar-refractivity contribution is 6.30. The van der Waals surface area contributed by atoms with E-state index in [9.17, 15) is 9.90 Å².